The molecule has 0 saturated heterocycles. The lowest BCUT2D eigenvalue weighted by Crippen LogP contribution is -2.04. The molecule has 0 aliphatic rings. The predicted octanol–water partition coefficient (Wildman–Crippen LogP) is 13.7. The molecular formula is C51H32N4S. The van der Waals surface area contributed by atoms with Gasteiger partial charge in [-0.2, -0.15) is 0 Å². The number of rotatable bonds is 6. The Labute approximate surface area is 336 Å². The van der Waals surface area contributed by atoms with Gasteiger partial charge in [-0.05, 0) is 58.6 Å². The van der Waals surface area contributed by atoms with Crippen molar-refractivity contribution < 1.29 is 8.22 Å². The van der Waals surface area contributed by atoms with Gasteiger partial charge in [0.15, 0.2) is 17.5 Å². The second-order valence-corrected chi connectivity index (χ2v) is 14.6. The molecule has 4 nitrogen and oxygen atoms in total. The van der Waals surface area contributed by atoms with E-state index in [0.717, 1.165) is 43.5 Å². The lowest BCUT2D eigenvalue weighted by molar-refractivity contribution is 1.06. The lowest BCUT2D eigenvalue weighted by Gasteiger charge is -2.16. The van der Waals surface area contributed by atoms with Crippen LogP contribution < -0.4 is 0 Å². The van der Waals surface area contributed by atoms with Gasteiger partial charge in [0.25, 0.3) is 0 Å². The van der Waals surface area contributed by atoms with Crippen LogP contribution in [-0.2, 0) is 0 Å². The number of fused-ring (bicyclic) bond motifs is 6. The van der Waals surface area contributed by atoms with Crippen LogP contribution in [0.3, 0.4) is 0 Å². The number of hydrogen-bond acceptors (Lipinski definition) is 4. The maximum Gasteiger partial charge on any atom is 0.166 e. The van der Waals surface area contributed by atoms with E-state index in [1.807, 2.05) is 84.9 Å². The van der Waals surface area contributed by atoms with Crippen molar-refractivity contribution >= 4 is 53.3 Å². The number of nitrogens with zero attached hydrogens (tertiary/aromatic N) is 4. The van der Waals surface area contributed by atoms with Crippen molar-refractivity contribution in [3.05, 3.63) is 194 Å². The van der Waals surface area contributed by atoms with Gasteiger partial charge in [0.1, 0.15) is 0 Å². The molecule has 3 aromatic heterocycles. The predicted molar refractivity (Wildman–Crippen MR) is 234 cm³/mol. The molecule has 3 heterocycles. The van der Waals surface area contributed by atoms with E-state index in [-0.39, 0.29) is 58.1 Å². The van der Waals surface area contributed by atoms with E-state index < -0.39 is 0 Å². The highest BCUT2D eigenvalue weighted by atomic mass is 32.1. The molecule has 11 aromatic rings. The fourth-order valence-electron chi connectivity index (χ4n) is 7.62. The van der Waals surface area contributed by atoms with Gasteiger partial charge in [0, 0.05) is 47.6 Å². The van der Waals surface area contributed by atoms with E-state index >= 15 is 0 Å². The second-order valence-electron chi connectivity index (χ2n) is 13.5. The van der Waals surface area contributed by atoms with Gasteiger partial charge in [-0.25, -0.2) is 15.0 Å². The molecule has 0 radical (unpaired) electrons. The summed E-state index contributed by atoms with van der Waals surface area (Å²) in [5, 5.41) is 2.67. The third-order valence-electron chi connectivity index (χ3n) is 10.2. The first-order valence-electron chi connectivity index (χ1n) is 21.3. The summed E-state index contributed by atoms with van der Waals surface area (Å²) in [5.74, 6) is 1.22. The summed E-state index contributed by atoms with van der Waals surface area (Å²) < 4.78 is 57.9. The van der Waals surface area contributed by atoms with E-state index in [9.17, 15) is 2.74 Å². The normalized spacial score (nSPS) is 13.1. The first kappa shape index (κ1) is 26.5. The minimum atomic E-state index is -0.181. The van der Waals surface area contributed by atoms with Crippen LogP contribution >= 0.6 is 11.3 Å². The molecular weight excluding hydrogens is 701 g/mol. The summed E-state index contributed by atoms with van der Waals surface area (Å²) in [6.45, 7) is 0. The zero-order valence-electron chi connectivity index (χ0n) is 35.7. The molecule has 0 N–H and O–H groups in total. The third kappa shape index (κ3) is 5.40. The average Bonchev–Trinajstić information content (AvgIpc) is 3.88. The third-order valence-corrected chi connectivity index (χ3v) is 11.4. The van der Waals surface area contributed by atoms with Crippen LogP contribution in [0.1, 0.15) is 8.22 Å². The molecule has 0 spiro atoms. The van der Waals surface area contributed by atoms with Crippen molar-refractivity contribution in [1.29, 1.82) is 0 Å². The van der Waals surface area contributed by atoms with Crippen LogP contribution in [0.4, 0.5) is 0 Å². The van der Waals surface area contributed by atoms with Gasteiger partial charge in [-0.3, -0.25) is 0 Å². The Morgan fingerprint density at radius 3 is 1.79 bits per heavy atom. The molecule has 0 fully saturated rings. The molecule has 0 unspecified atom stereocenters. The molecule has 56 heavy (non-hydrogen) atoms. The molecule has 5 heteroatoms. The van der Waals surface area contributed by atoms with Crippen LogP contribution in [-0.4, -0.2) is 19.5 Å². The van der Waals surface area contributed by atoms with Crippen LogP contribution in [0, 0.1) is 0 Å². The number of aromatic nitrogens is 4. The molecule has 262 valence electrons. The summed E-state index contributed by atoms with van der Waals surface area (Å²) in [6.07, 6.45) is 0. The zero-order chi connectivity index (χ0) is 42.2. The highest BCUT2D eigenvalue weighted by Crippen LogP contribution is 2.43. The average molecular weight is 739 g/mol. The Bertz CT molecular complexity index is 3530. The highest BCUT2D eigenvalue weighted by molar-refractivity contribution is 7.26. The van der Waals surface area contributed by atoms with Gasteiger partial charge in [-0.1, -0.05) is 158 Å². The molecule has 0 bridgehead atoms. The Kier molecular flexibility index (Phi) is 6.29. The van der Waals surface area contributed by atoms with Gasteiger partial charge in [0.05, 0.1) is 24.9 Å². The van der Waals surface area contributed by atoms with Gasteiger partial charge >= 0.3 is 0 Å². The molecule has 0 aliphatic heterocycles. The number of hydrogen-bond donors (Lipinski definition) is 0. The summed E-state index contributed by atoms with van der Waals surface area (Å²) >= 11 is 1.73. The van der Waals surface area contributed by atoms with E-state index in [0.29, 0.717) is 28.7 Å². The largest absolute Gasteiger partial charge is 0.309 e. The summed E-state index contributed by atoms with van der Waals surface area (Å²) in [4.78, 5) is 15.5. The van der Waals surface area contributed by atoms with E-state index in [1.54, 1.807) is 15.9 Å². The van der Waals surface area contributed by atoms with E-state index in [2.05, 4.69) is 60.7 Å². The smallest absolute Gasteiger partial charge is 0.166 e. The minimum Gasteiger partial charge on any atom is -0.309 e. The molecule has 0 aliphatic carbocycles. The first-order chi connectivity index (χ1) is 30.2. The molecule has 8 aromatic carbocycles. The van der Waals surface area contributed by atoms with Crippen molar-refractivity contribution in [2.45, 2.75) is 0 Å². The molecule has 0 saturated carbocycles. The first-order valence-corrected chi connectivity index (χ1v) is 19.1. The Hall–Kier alpha value is -7.21. The quantitative estimate of drug-likeness (QED) is 0.171. The Morgan fingerprint density at radius 2 is 1.02 bits per heavy atom. The van der Waals surface area contributed by atoms with Crippen LogP contribution in [0.2, 0.25) is 0 Å². The van der Waals surface area contributed by atoms with Crippen molar-refractivity contribution in [3.8, 4) is 62.1 Å². The Morgan fingerprint density at radius 1 is 0.411 bits per heavy atom. The van der Waals surface area contributed by atoms with Crippen molar-refractivity contribution in [2.24, 2.45) is 0 Å². The van der Waals surface area contributed by atoms with Crippen LogP contribution in [0.15, 0.2) is 194 Å². The molecule has 0 atom stereocenters. The van der Waals surface area contributed by atoms with Gasteiger partial charge in [0.2, 0.25) is 0 Å². The standard InChI is InChI=1S/C51H32N4S/c1-3-15-33(16-4-1)35-19-13-20-37(31-35)50-52-49(34-17-5-2-6-18-34)53-51(54-50)43-32-36(38-24-14-25-42-41-23-9-12-28-47(41)56-48(38)42)29-30-46(43)55-44-26-10-7-21-39(44)40-22-8-11-27-45(40)55/h1-32H/i7D,8D,21D,22D,26D,27D. The number of thiophene rings is 1. The van der Waals surface area contributed by atoms with Crippen molar-refractivity contribution in [3.63, 3.8) is 0 Å². The summed E-state index contributed by atoms with van der Waals surface area (Å²) in [6, 6.07) is 50.4. The highest BCUT2D eigenvalue weighted by Gasteiger charge is 2.21. The van der Waals surface area contributed by atoms with E-state index in [4.69, 9.17) is 20.4 Å². The SMILES string of the molecule is [2H]c1cc([2H])c2c(c1[2H])c1c([2H])c([2H])cc([2H])c1n2-c1ccc(-c2cccc3c2sc2ccccc23)cc1-c1nc(-c2ccccc2)nc(-c2cccc(-c3ccccc3)c2)n1. The van der Waals surface area contributed by atoms with Crippen LogP contribution in [0.5, 0.6) is 0 Å². The minimum absolute atomic E-state index is 0.0494. The maximum absolute atomic E-state index is 9.26. The fourth-order valence-corrected chi connectivity index (χ4v) is 8.86. The lowest BCUT2D eigenvalue weighted by atomic mass is 9.99. The molecule has 11 rings (SSSR count). The van der Waals surface area contributed by atoms with Gasteiger partial charge in [-0.15, -0.1) is 11.3 Å². The number of para-hydroxylation sites is 2. The van der Waals surface area contributed by atoms with Crippen molar-refractivity contribution in [2.75, 3.05) is 0 Å². The Balaban J connectivity index is 1.25. The molecule has 0 amide bonds. The zero-order valence-corrected chi connectivity index (χ0v) is 30.5. The topological polar surface area (TPSA) is 43.6 Å². The maximum atomic E-state index is 9.26. The second kappa shape index (κ2) is 13.3. The summed E-state index contributed by atoms with van der Waals surface area (Å²) in [7, 11) is 0. The number of benzene rings is 8. The van der Waals surface area contributed by atoms with Gasteiger partial charge < -0.3 is 4.57 Å². The van der Waals surface area contributed by atoms with E-state index in [1.165, 1.54) is 22.2 Å². The van der Waals surface area contributed by atoms with Crippen molar-refractivity contribution in [1.82, 2.24) is 19.5 Å². The summed E-state index contributed by atoms with van der Waals surface area (Å²) in [5.41, 5.74) is 7.07. The fraction of sp³-hybridized carbons (Fsp3) is 0. The van der Waals surface area contributed by atoms with Crippen LogP contribution in [0.25, 0.3) is 104 Å². The monoisotopic (exact) mass is 738 g/mol.